The van der Waals surface area contributed by atoms with Crippen molar-refractivity contribution in [1.82, 2.24) is 0 Å². The van der Waals surface area contributed by atoms with Crippen LogP contribution in [0.2, 0.25) is 6.04 Å². The zero-order valence-corrected chi connectivity index (χ0v) is 10.7. The molecule has 5 heavy (non-hydrogen) atoms. The Balaban J connectivity index is 0. The highest BCUT2D eigenvalue weighted by Gasteiger charge is 1.36. The fourth-order valence-electron chi connectivity index (χ4n) is 0. The minimum Gasteiger partial charge on any atom is -0.0686 e. The van der Waals surface area contributed by atoms with Gasteiger partial charge in [-0.1, -0.05) is 13.0 Å². The average Bonchev–Trinajstić information content (AvgIpc) is 1.46. The monoisotopic (exact) mass is 122 g/mol. The predicted octanol–water partition coefficient (Wildman–Crippen LogP) is -2.58. The molecule has 0 N–H and O–H groups in total. The maximum Gasteiger partial charge on any atom is 0.00244 e. The van der Waals surface area contributed by atoms with Crippen LogP contribution in [0.25, 0.3) is 0 Å². The van der Waals surface area contributed by atoms with Crippen molar-refractivity contribution < 1.29 is 0 Å². The molecule has 0 aromatic heterocycles. The standard InChI is InChI=1S/C2H8Si.H6Si2/c1-2-3;1-2/h2H2,1,3H3;1-2H3. The molecule has 0 rings (SSSR count). The average molecular weight is 122 g/mol. The third-order valence-corrected chi connectivity index (χ3v) is 0. The van der Waals surface area contributed by atoms with Gasteiger partial charge in [0.05, 0.1) is 0 Å². The topological polar surface area (TPSA) is 0 Å². The van der Waals surface area contributed by atoms with Gasteiger partial charge in [0.15, 0.2) is 0 Å². The second kappa shape index (κ2) is 22.7. The van der Waals surface area contributed by atoms with E-state index in [0.717, 1.165) is 0 Å². The lowest BCUT2D eigenvalue weighted by atomic mass is 11.0. The Kier molecular flexibility index (Phi) is 41.7. The highest BCUT2D eigenvalue weighted by molar-refractivity contribution is 6.75. The first kappa shape index (κ1) is 9.17. The molecule has 0 saturated carbocycles. The SMILES string of the molecule is CC[SiH3].[SiH3][SiH3]. The van der Waals surface area contributed by atoms with Gasteiger partial charge in [-0.25, -0.2) is 0 Å². The van der Waals surface area contributed by atoms with E-state index >= 15 is 0 Å². The summed E-state index contributed by atoms with van der Waals surface area (Å²) in [6, 6.07) is 1.39. The van der Waals surface area contributed by atoms with Crippen molar-refractivity contribution in [2.75, 3.05) is 0 Å². The summed E-state index contributed by atoms with van der Waals surface area (Å²) in [5.41, 5.74) is 0. The van der Waals surface area contributed by atoms with Gasteiger partial charge in [-0.15, -0.1) is 0 Å². The predicted molar refractivity (Wildman–Crippen MR) is 40.3 cm³/mol. The van der Waals surface area contributed by atoms with Crippen molar-refractivity contribution in [3.63, 3.8) is 0 Å². The van der Waals surface area contributed by atoms with Gasteiger partial charge in [-0.05, 0) is 19.5 Å². The van der Waals surface area contributed by atoms with Crippen molar-refractivity contribution in [3.05, 3.63) is 0 Å². The lowest BCUT2D eigenvalue weighted by molar-refractivity contribution is 1.48. The minimum atomic E-state index is 1.37. The zero-order valence-electron chi connectivity index (χ0n) is 4.71. The van der Waals surface area contributed by atoms with Crippen LogP contribution in [0, 0.1) is 0 Å². The Bertz CT molecular complexity index is 4.85. The Hall–Kier alpha value is 0.651. The van der Waals surface area contributed by atoms with Gasteiger partial charge >= 0.3 is 0 Å². The third kappa shape index (κ3) is 77.2. The molecule has 0 unspecified atom stereocenters. The molecule has 0 aliphatic carbocycles. The molecular formula is C2H14Si3. The molecule has 0 amide bonds. The summed E-state index contributed by atoms with van der Waals surface area (Å²) in [7, 11) is 4.26. The van der Waals surface area contributed by atoms with E-state index in [1.807, 2.05) is 0 Å². The van der Waals surface area contributed by atoms with Crippen molar-refractivity contribution in [3.8, 4) is 0 Å². The fraction of sp³-hybridized carbons (Fsp3) is 1.00. The van der Waals surface area contributed by atoms with Crippen LogP contribution in [-0.2, 0) is 0 Å². The molecule has 0 aliphatic heterocycles. The molecule has 34 valence electrons. The summed E-state index contributed by atoms with van der Waals surface area (Å²) in [5.74, 6) is 0. The molecule has 0 aromatic rings. The molecule has 0 radical (unpaired) electrons. The number of hydrogen-bond donors (Lipinski definition) is 0. The van der Waals surface area contributed by atoms with Crippen molar-refractivity contribution in [2.24, 2.45) is 0 Å². The maximum atomic E-state index is 2.19. The van der Waals surface area contributed by atoms with Crippen LogP contribution < -0.4 is 0 Å². The van der Waals surface area contributed by atoms with Crippen LogP contribution in [0.4, 0.5) is 0 Å². The van der Waals surface area contributed by atoms with Crippen LogP contribution in [0.3, 0.4) is 0 Å². The first-order valence-corrected chi connectivity index (χ1v) is 11.8. The fourth-order valence-corrected chi connectivity index (χ4v) is 0. The highest BCUT2D eigenvalue weighted by Crippen LogP contribution is 1.49. The largest absolute Gasteiger partial charge is 0.0686 e. The zero-order chi connectivity index (χ0) is 4.71. The third-order valence-electron chi connectivity index (χ3n) is 0. The lowest BCUT2D eigenvalue weighted by Gasteiger charge is -1.47. The normalized spacial score (nSPS) is 6.60. The van der Waals surface area contributed by atoms with Crippen LogP contribution >= 0.6 is 0 Å². The minimum absolute atomic E-state index is 1.37. The van der Waals surface area contributed by atoms with Crippen LogP contribution in [0.15, 0.2) is 0 Å². The Morgan fingerprint density at radius 2 is 1.40 bits per heavy atom. The Morgan fingerprint density at radius 1 is 1.40 bits per heavy atom. The molecule has 0 heterocycles. The molecule has 0 bridgehead atoms. The molecular weight excluding hydrogens is 108 g/mol. The molecule has 0 nitrogen and oxygen atoms in total. The lowest BCUT2D eigenvalue weighted by Crippen LogP contribution is -1.41. The summed E-state index contributed by atoms with van der Waals surface area (Å²) in [6.45, 7) is 2.19. The molecule has 3 heteroatoms. The number of rotatable bonds is 0. The van der Waals surface area contributed by atoms with E-state index in [0.29, 0.717) is 0 Å². The van der Waals surface area contributed by atoms with Gasteiger partial charge in [-0.2, -0.15) is 0 Å². The van der Waals surface area contributed by atoms with Crippen molar-refractivity contribution in [1.29, 1.82) is 0 Å². The first-order chi connectivity index (χ1) is 2.41. The van der Waals surface area contributed by atoms with Crippen molar-refractivity contribution >= 4 is 29.8 Å². The Morgan fingerprint density at radius 3 is 1.40 bits per heavy atom. The van der Waals surface area contributed by atoms with Crippen LogP contribution in [0.1, 0.15) is 6.92 Å². The molecule has 0 spiro atoms. The highest BCUT2D eigenvalue weighted by atomic mass is 29.1. The van der Waals surface area contributed by atoms with Gasteiger partial charge in [0.1, 0.15) is 0 Å². The van der Waals surface area contributed by atoms with E-state index in [2.05, 4.69) is 6.92 Å². The molecule has 0 saturated heterocycles. The number of hydrogen-bond acceptors (Lipinski definition) is 0. The van der Waals surface area contributed by atoms with Crippen molar-refractivity contribution in [2.45, 2.75) is 13.0 Å². The van der Waals surface area contributed by atoms with Gasteiger partial charge < -0.3 is 0 Å². The molecule has 0 fully saturated rings. The van der Waals surface area contributed by atoms with Gasteiger partial charge in [0.2, 0.25) is 0 Å². The van der Waals surface area contributed by atoms with E-state index in [1.165, 1.54) is 35.8 Å². The van der Waals surface area contributed by atoms with E-state index in [1.54, 1.807) is 0 Å². The van der Waals surface area contributed by atoms with Crippen LogP contribution in [0.5, 0.6) is 0 Å². The second-order valence-electron chi connectivity index (χ2n) is 0.707. The van der Waals surface area contributed by atoms with E-state index in [9.17, 15) is 0 Å². The van der Waals surface area contributed by atoms with Crippen LogP contribution in [-0.4, -0.2) is 29.8 Å². The van der Waals surface area contributed by atoms with E-state index < -0.39 is 0 Å². The quantitative estimate of drug-likeness (QED) is 0.310. The molecule has 0 aliphatic rings. The van der Waals surface area contributed by atoms with Gasteiger partial charge in [0, 0.05) is 10.2 Å². The van der Waals surface area contributed by atoms with E-state index in [4.69, 9.17) is 0 Å². The van der Waals surface area contributed by atoms with E-state index in [-0.39, 0.29) is 0 Å². The van der Waals surface area contributed by atoms with Gasteiger partial charge in [0.25, 0.3) is 0 Å². The molecule has 0 atom stereocenters. The summed E-state index contributed by atoms with van der Waals surface area (Å²) in [5, 5.41) is 0. The van der Waals surface area contributed by atoms with Gasteiger partial charge in [-0.3, -0.25) is 0 Å². The smallest absolute Gasteiger partial charge is 0.00244 e. The summed E-state index contributed by atoms with van der Waals surface area (Å²) in [4.78, 5) is 0. The first-order valence-electron chi connectivity index (χ1n) is 2.41. The summed E-state index contributed by atoms with van der Waals surface area (Å²) < 4.78 is 0. The molecule has 0 aromatic carbocycles. The summed E-state index contributed by atoms with van der Waals surface area (Å²) in [6.07, 6.45) is 0. The maximum absolute atomic E-state index is 2.19. The Labute approximate surface area is 43.4 Å². The second-order valence-corrected chi connectivity index (χ2v) is 2.12. The summed E-state index contributed by atoms with van der Waals surface area (Å²) >= 11 is 0.